The Morgan fingerprint density at radius 3 is 2.47 bits per heavy atom. The minimum absolute atomic E-state index is 0.364. The highest BCUT2D eigenvalue weighted by atomic mass is 35.5. The number of nitrogens with one attached hydrogen (secondary N) is 1. The van der Waals surface area contributed by atoms with Crippen LogP contribution in [-0.2, 0) is 0 Å². The first-order valence-electron chi connectivity index (χ1n) is 4.86. The van der Waals surface area contributed by atoms with Gasteiger partial charge in [0.2, 0.25) is 0 Å². The summed E-state index contributed by atoms with van der Waals surface area (Å²) >= 11 is 11.8. The number of imidazole rings is 1. The predicted molar refractivity (Wildman–Crippen MR) is 67.1 cm³/mol. The quantitative estimate of drug-likeness (QED) is 0.686. The van der Waals surface area contributed by atoms with E-state index in [0.717, 1.165) is 5.56 Å². The molecule has 2 aromatic heterocycles. The first-order valence-corrected chi connectivity index (χ1v) is 5.62. The molecule has 0 aliphatic rings. The van der Waals surface area contributed by atoms with Crippen LogP contribution in [0.25, 0.3) is 22.6 Å². The van der Waals surface area contributed by atoms with Crippen LogP contribution in [0.5, 0.6) is 0 Å². The summed E-state index contributed by atoms with van der Waals surface area (Å²) in [5.74, 6) is 0.694. The Kier molecular flexibility index (Phi) is 2.46. The van der Waals surface area contributed by atoms with Gasteiger partial charge in [0.25, 0.3) is 0 Å². The lowest BCUT2D eigenvalue weighted by atomic mass is 10.2. The molecule has 0 atom stereocenters. The molecule has 0 bridgehead atoms. The average molecular weight is 265 g/mol. The molecule has 84 valence electrons. The van der Waals surface area contributed by atoms with Crippen LogP contribution in [0, 0.1) is 0 Å². The van der Waals surface area contributed by atoms with Crippen molar-refractivity contribution in [1.29, 1.82) is 0 Å². The molecule has 0 spiro atoms. The van der Waals surface area contributed by atoms with Gasteiger partial charge >= 0.3 is 0 Å². The van der Waals surface area contributed by atoms with E-state index in [1.165, 1.54) is 6.33 Å². The van der Waals surface area contributed by atoms with Gasteiger partial charge in [0.05, 0.1) is 0 Å². The fraction of sp³-hybridized carbons (Fsp3) is 0. The molecule has 3 rings (SSSR count). The molecular weight excluding hydrogens is 259 g/mol. The zero-order chi connectivity index (χ0) is 11.8. The SMILES string of the molecule is Clc1ccc(-c2nc3ncnc(Cl)c3[nH]2)cc1. The predicted octanol–water partition coefficient (Wildman–Crippen LogP) is 3.33. The summed E-state index contributed by atoms with van der Waals surface area (Å²) in [6, 6.07) is 7.36. The van der Waals surface area contributed by atoms with Crippen molar-refractivity contribution in [2.45, 2.75) is 0 Å². The van der Waals surface area contributed by atoms with Crippen molar-refractivity contribution < 1.29 is 0 Å². The largest absolute Gasteiger partial charge is 0.334 e. The number of hydrogen-bond donors (Lipinski definition) is 1. The standard InChI is InChI=1S/C11H6Cl2N4/c12-7-3-1-6(2-4-7)10-16-8-9(13)14-5-15-11(8)17-10/h1-5H,(H,14,15,16,17). The number of rotatable bonds is 1. The molecule has 0 radical (unpaired) electrons. The van der Waals surface area contributed by atoms with Crippen molar-refractivity contribution in [3.05, 3.63) is 40.8 Å². The highest BCUT2D eigenvalue weighted by Gasteiger charge is 2.09. The van der Waals surface area contributed by atoms with E-state index in [9.17, 15) is 0 Å². The van der Waals surface area contributed by atoms with E-state index in [1.807, 2.05) is 12.1 Å². The molecule has 4 nitrogen and oxygen atoms in total. The number of H-pyrrole nitrogens is 1. The molecule has 6 heteroatoms. The molecule has 17 heavy (non-hydrogen) atoms. The Labute approximate surface area is 107 Å². The molecule has 0 unspecified atom stereocenters. The number of fused-ring (bicyclic) bond motifs is 1. The third-order valence-electron chi connectivity index (χ3n) is 2.36. The summed E-state index contributed by atoms with van der Waals surface area (Å²) < 4.78 is 0. The summed E-state index contributed by atoms with van der Waals surface area (Å²) in [6.45, 7) is 0. The van der Waals surface area contributed by atoms with Crippen molar-refractivity contribution in [1.82, 2.24) is 19.9 Å². The third-order valence-corrected chi connectivity index (χ3v) is 2.90. The van der Waals surface area contributed by atoms with E-state index in [0.29, 0.717) is 27.2 Å². The van der Waals surface area contributed by atoms with Gasteiger partial charge in [0.15, 0.2) is 10.8 Å². The van der Waals surface area contributed by atoms with E-state index in [-0.39, 0.29) is 0 Å². The van der Waals surface area contributed by atoms with Crippen LogP contribution in [0.15, 0.2) is 30.6 Å². The normalized spacial score (nSPS) is 10.9. The highest BCUT2D eigenvalue weighted by Crippen LogP contribution is 2.23. The minimum atomic E-state index is 0.364. The van der Waals surface area contributed by atoms with Gasteiger partial charge in [-0.3, -0.25) is 0 Å². The Morgan fingerprint density at radius 2 is 1.76 bits per heavy atom. The average Bonchev–Trinajstić information content (AvgIpc) is 2.75. The lowest BCUT2D eigenvalue weighted by Crippen LogP contribution is -1.80. The number of benzene rings is 1. The van der Waals surface area contributed by atoms with Gasteiger partial charge in [-0.15, -0.1) is 0 Å². The first kappa shape index (κ1) is 10.5. The van der Waals surface area contributed by atoms with Crippen molar-refractivity contribution in [2.75, 3.05) is 0 Å². The summed E-state index contributed by atoms with van der Waals surface area (Å²) in [5.41, 5.74) is 2.11. The first-order chi connectivity index (χ1) is 8.24. The van der Waals surface area contributed by atoms with Crippen LogP contribution >= 0.6 is 23.2 Å². The molecule has 0 amide bonds. The second-order valence-electron chi connectivity index (χ2n) is 3.46. The van der Waals surface area contributed by atoms with Gasteiger partial charge in [-0.05, 0) is 24.3 Å². The van der Waals surface area contributed by atoms with Gasteiger partial charge < -0.3 is 4.98 Å². The number of halogens is 2. The number of nitrogens with zero attached hydrogens (tertiary/aromatic N) is 3. The number of hydrogen-bond acceptors (Lipinski definition) is 3. The zero-order valence-electron chi connectivity index (χ0n) is 8.48. The Balaban J connectivity index is 2.18. The third kappa shape index (κ3) is 1.85. The van der Waals surface area contributed by atoms with E-state index >= 15 is 0 Å². The molecule has 0 saturated heterocycles. The van der Waals surface area contributed by atoms with E-state index in [2.05, 4.69) is 19.9 Å². The second kappa shape index (κ2) is 3.98. The molecule has 2 heterocycles. The van der Waals surface area contributed by atoms with Gasteiger partial charge in [-0.2, -0.15) is 0 Å². The van der Waals surface area contributed by atoms with Crippen LogP contribution < -0.4 is 0 Å². The number of aromatic amines is 1. The van der Waals surface area contributed by atoms with E-state index in [1.54, 1.807) is 12.1 Å². The van der Waals surface area contributed by atoms with Crippen LogP contribution in [0.2, 0.25) is 10.2 Å². The Bertz CT molecular complexity index is 676. The van der Waals surface area contributed by atoms with E-state index < -0.39 is 0 Å². The van der Waals surface area contributed by atoms with Gasteiger partial charge in [0.1, 0.15) is 17.7 Å². The summed E-state index contributed by atoms with van der Waals surface area (Å²) in [6.07, 6.45) is 1.39. The maximum atomic E-state index is 5.94. The van der Waals surface area contributed by atoms with Crippen molar-refractivity contribution in [3.8, 4) is 11.4 Å². The Hall–Kier alpha value is -1.65. The fourth-order valence-corrected chi connectivity index (χ4v) is 1.85. The molecule has 1 aromatic carbocycles. The van der Waals surface area contributed by atoms with Crippen molar-refractivity contribution >= 4 is 34.4 Å². The maximum Gasteiger partial charge on any atom is 0.182 e. The molecule has 1 N–H and O–H groups in total. The topological polar surface area (TPSA) is 54.5 Å². The monoisotopic (exact) mass is 264 g/mol. The van der Waals surface area contributed by atoms with Crippen LogP contribution in [0.4, 0.5) is 0 Å². The van der Waals surface area contributed by atoms with Crippen LogP contribution in [-0.4, -0.2) is 19.9 Å². The highest BCUT2D eigenvalue weighted by molar-refractivity contribution is 6.33. The fourth-order valence-electron chi connectivity index (χ4n) is 1.54. The Morgan fingerprint density at radius 1 is 1.00 bits per heavy atom. The summed E-state index contributed by atoms with van der Waals surface area (Å²) in [4.78, 5) is 15.4. The molecular formula is C11H6Cl2N4. The van der Waals surface area contributed by atoms with Gasteiger partial charge in [0, 0.05) is 10.6 Å². The smallest absolute Gasteiger partial charge is 0.182 e. The molecule has 3 aromatic rings. The van der Waals surface area contributed by atoms with Crippen molar-refractivity contribution in [2.24, 2.45) is 0 Å². The van der Waals surface area contributed by atoms with Gasteiger partial charge in [-0.25, -0.2) is 15.0 Å². The maximum absolute atomic E-state index is 5.94. The lowest BCUT2D eigenvalue weighted by molar-refractivity contribution is 1.20. The van der Waals surface area contributed by atoms with Gasteiger partial charge in [-0.1, -0.05) is 23.2 Å². The number of aromatic nitrogens is 4. The molecule has 0 saturated carbocycles. The molecule has 0 aliphatic heterocycles. The molecule has 0 aliphatic carbocycles. The summed E-state index contributed by atoms with van der Waals surface area (Å²) in [7, 11) is 0. The molecule has 0 fully saturated rings. The van der Waals surface area contributed by atoms with Crippen LogP contribution in [0.3, 0.4) is 0 Å². The van der Waals surface area contributed by atoms with Crippen LogP contribution in [0.1, 0.15) is 0 Å². The minimum Gasteiger partial charge on any atom is -0.334 e. The van der Waals surface area contributed by atoms with E-state index in [4.69, 9.17) is 23.2 Å². The lowest BCUT2D eigenvalue weighted by Gasteiger charge is -1.95. The van der Waals surface area contributed by atoms with Crippen molar-refractivity contribution in [3.63, 3.8) is 0 Å². The second-order valence-corrected chi connectivity index (χ2v) is 4.25. The summed E-state index contributed by atoms with van der Waals surface area (Å²) in [5, 5.41) is 1.05. The zero-order valence-corrected chi connectivity index (χ0v) is 10.00.